The highest BCUT2D eigenvalue weighted by Crippen LogP contribution is 2.04. The first kappa shape index (κ1) is 7.95. The van der Waals surface area contributed by atoms with Crippen LogP contribution in [0.4, 0.5) is 0 Å². The van der Waals surface area contributed by atoms with Crippen molar-refractivity contribution in [3.8, 4) is 0 Å². The Balaban J connectivity index is 3.79. The summed E-state index contributed by atoms with van der Waals surface area (Å²) in [5, 5.41) is 8.29. The number of carboxylic acid groups (broad SMARTS) is 1. The van der Waals surface area contributed by atoms with Crippen LogP contribution in [0.3, 0.4) is 0 Å². The molecule has 2 nitrogen and oxygen atoms in total. The van der Waals surface area contributed by atoms with Crippen molar-refractivity contribution in [3.63, 3.8) is 0 Å². The maximum Gasteiger partial charge on any atom is 0.331 e. The van der Waals surface area contributed by atoms with Gasteiger partial charge in [-0.3, -0.25) is 0 Å². The average molecular weight is 126 g/mol. The fourth-order valence-electron chi connectivity index (χ4n) is 0.440. The normalized spacial score (nSPS) is 8.56. The smallest absolute Gasteiger partial charge is 0.331 e. The zero-order chi connectivity index (χ0) is 7.44. The maximum absolute atomic E-state index is 10.1. The second-order valence-corrected chi connectivity index (χ2v) is 2.04. The molecule has 0 heterocycles. The molecular weight excluding hydrogens is 116 g/mol. The minimum atomic E-state index is -0.946. The van der Waals surface area contributed by atoms with Gasteiger partial charge in [0.2, 0.25) is 0 Å². The third kappa shape index (κ3) is 3.53. The summed E-state index contributed by atoms with van der Waals surface area (Å²) in [4.78, 5) is 10.1. The minimum Gasteiger partial charge on any atom is -0.478 e. The van der Waals surface area contributed by atoms with Crippen LogP contribution in [0.1, 0.15) is 13.3 Å². The fraction of sp³-hybridized carbons (Fsp3) is 0.286. The van der Waals surface area contributed by atoms with Crippen LogP contribution in [0.25, 0.3) is 0 Å². The first-order chi connectivity index (χ1) is 4.04. The quantitative estimate of drug-likeness (QED) is 0.460. The van der Waals surface area contributed by atoms with E-state index in [1.165, 1.54) is 0 Å². The molecule has 0 saturated heterocycles. The van der Waals surface area contributed by atoms with Crippen LogP contribution in [0.2, 0.25) is 0 Å². The Bertz CT molecular complexity index is 156. The first-order valence-corrected chi connectivity index (χ1v) is 2.59. The lowest BCUT2D eigenvalue weighted by Crippen LogP contribution is -1.98. The summed E-state index contributed by atoms with van der Waals surface area (Å²) in [7, 11) is 0. The molecule has 0 aliphatic carbocycles. The van der Waals surface area contributed by atoms with Gasteiger partial charge in [-0.1, -0.05) is 18.7 Å². The molecular formula is C7H10O2. The van der Waals surface area contributed by atoms with Gasteiger partial charge in [0.05, 0.1) is 0 Å². The highest BCUT2D eigenvalue weighted by atomic mass is 16.4. The van der Waals surface area contributed by atoms with Crippen molar-refractivity contribution >= 4 is 5.97 Å². The first-order valence-electron chi connectivity index (χ1n) is 2.59. The number of hydrogen-bond acceptors (Lipinski definition) is 1. The molecule has 0 bridgehead atoms. The molecule has 0 saturated carbocycles. The van der Waals surface area contributed by atoms with E-state index in [-0.39, 0.29) is 5.57 Å². The van der Waals surface area contributed by atoms with Gasteiger partial charge >= 0.3 is 5.97 Å². The van der Waals surface area contributed by atoms with Crippen LogP contribution in [-0.4, -0.2) is 11.1 Å². The number of hydrogen-bond donors (Lipinski definition) is 1. The fourth-order valence-corrected chi connectivity index (χ4v) is 0.440. The van der Waals surface area contributed by atoms with E-state index in [4.69, 9.17) is 5.11 Å². The second kappa shape index (κ2) is 3.07. The average Bonchev–Trinajstić information content (AvgIpc) is 1.63. The third-order valence-electron chi connectivity index (χ3n) is 0.818. The monoisotopic (exact) mass is 126 g/mol. The lowest BCUT2D eigenvalue weighted by molar-refractivity contribution is -0.132. The molecule has 9 heavy (non-hydrogen) atoms. The molecule has 0 aliphatic rings. The maximum atomic E-state index is 10.1. The highest BCUT2D eigenvalue weighted by molar-refractivity contribution is 5.86. The third-order valence-corrected chi connectivity index (χ3v) is 0.818. The molecule has 0 unspecified atom stereocenters. The Kier molecular flexibility index (Phi) is 2.71. The van der Waals surface area contributed by atoms with Crippen LogP contribution in [-0.2, 0) is 4.79 Å². The number of allylic oxidation sites excluding steroid dienone is 1. The van der Waals surface area contributed by atoms with Crippen molar-refractivity contribution in [1.82, 2.24) is 0 Å². The van der Waals surface area contributed by atoms with Crippen molar-refractivity contribution < 1.29 is 9.90 Å². The second-order valence-electron chi connectivity index (χ2n) is 2.04. The van der Waals surface area contributed by atoms with Crippen molar-refractivity contribution in [1.29, 1.82) is 0 Å². The molecule has 0 aromatic heterocycles. The molecule has 0 aliphatic heterocycles. The van der Waals surface area contributed by atoms with E-state index in [9.17, 15) is 4.79 Å². The zero-order valence-electron chi connectivity index (χ0n) is 5.48. The van der Waals surface area contributed by atoms with Crippen molar-refractivity contribution in [2.75, 3.05) is 0 Å². The van der Waals surface area contributed by atoms with Crippen molar-refractivity contribution in [3.05, 3.63) is 24.3 Å². The summed E-state index contributed by atoms with van der Waals surface area (Å²) in [6.07, 6.45) is 0.384. The molecule has 0 radical (unpaired) electrons. The molecule has 0 amide bonds. The van der Waals surface area contributed by atoms with Gasteiger partial charge in [-0.25, -0.2) is 4.79 Å². The van der Waals surface area contributed by atoms with Gasteiger partial charge in [0.25, 0.3) is 0 Å². The summed E-state index contributed by atoms with van der Waals surface area (Å²) in [5.74, 6) is -0.946. The van der Waals surface area contributed by atoms with E-state index in [0.29, 0.717) is 6.42 Å². The Morgan fingerprint density at radius 1 is 1.56 bits per heavy atom. The molecule has 0 spiro atoms. The summed E-state index contributed by atoms with van der Waals surface area (Å²) < 4.78 is 0. The molecule has 0 aromatic carbocycles. The molecule has 1 N–H and O–H groups in total. The van der Waals surface area contributed by atoms with Gasteiger partial charge in [0.1, 0.15) is 0 Å². The van der Waals surface area contributed by atoms with Gasteiger partial charge in [-0.05, 0) is 13.3 Å². The number of aliphatic carboxylic acids is 1. The lowest BCUT2D eigenvalue weighted by Gasteiger charge is -1.96. The predicted octanol–water partition coefficient (Wildman–Crippen LogP) is 1.59. The van der Waals surface area contributed by atoms with Crippen LogP contribution in [0, 0.1) is 0 Å². The molecule has 50 valence electrons. The molecule has 0 aromatic rings. The Hall–Kier alpha value is -1.05. The molecule has 0 rings (SSSR count). The van der Waals surface area contributed by atoms with E-state index < -0.39 is 5.97 Å². The summed E-state index contributed by atoms with van der Waals surface area (Å²) in [5.41, 5.74) is 1.02. The number of carbonyl (C=O) groups is 1. The van der Waals surface area contributed by atoms with Crippen LogP contribution in [0.5, 0.6) is 0 Å². The molecule has 0 fully saturated rings. The Morgan fingerprint density at radius 3 is 2.11 bits per heavy atom. The van der Waals surface area contributed by atoms with E-state index in [1.54, 1.807) is 6.92 Å². The Labute approximate surface area is 54.5 Å². The topological polar surface area (TPSA) is 37.3 Å². The summed E-state index contributed by atoms with van der Waals surface area (Å²) >= 11 is 0. The van der Waals surface area contributed by atoms with Gasteiger partial charge in [-0.15, -0.1) is 0 Å². The van der Waals surface area contributed by atoms with E-state index in [2.05, 4.69) is 13.2 Å². The Morgan fingerprint density at radius 2 is 2.00 bits per heavy atom. The lowest BCUT2D eigenvalue weighted by atomic mass is 10.1. The molecule has 2 heteroatoms. The summed E-state index contributed by atoms with van der Waals surface area (Å²) in [6, 6.07) is 0. The number of rotatable bonds is 3. The zero-order valence-corrected chi connectivity index (χ0v) is 5.48. The predicted molar refractivity (Wildman–Crippen MR) is 36.2 cm³/mol. The highest BCUT2D eigenvalue weighted by Gasteiger charge is 2.01. The van der Waals surface area contributed by atoms with Crippen molar-refractivity contribution in [2.45, 2.75) is 13.3 Å². The largest absolute Gasteiger partial charge is 0.478 e. The summed E-state index contributed by atoms with van der Waals surface area (Å²) in [6.45, 7) is 8.66. The standard InChI is InChI=1S/C7H10O2/c1-5(2)4-6(3)7(8)9/h1,3-4H2,2H3,(H,8,9). The molecule has 0 atom stereocenters. The van der Waals surface area contributed by atoms with Crippen molar-refractivity contribution in [2.24, 2.45) is 0 Å². The van der Waals surface area contributed by atoms with Crippen LogP contribution < -0.4 is 0 Å². The SMILES string of the molecule is C=C(C)CC(=C)C(=O)O. The van der Waals surface area contributed by atoms with Gasteiger partial charge in [-0.2, -0.15) is 0 Å². The van der Waals surface area contributed by atoms with Gasteiger partial charge in [0, 0.05) is 5.57 Å². The van der Waals surface area contributed by atoms with Gasteiger partial charge < -0.3 is 5.11 Å². The van der Waals surface area contributed by atoms with E-state index in [1.807, 2.05) is 0 Å². The van der Waals surface area contributed by atoms with Crippen LogP contribution in [0.15, 0.2) is 24.3 Å². The van der Waals surface area contributed by atoms with E-state index in [0.717, 1.165) is 5.57 Å². The van der Waals surface area contributed by atoms with E-state index >= 15 is 0 Å². The van der Waals surface area contributed by atoms with Gasteiger partial charge in [0.15, 0.2) is 0 Å². The minimum absolute atomic E-state index is 0.197. The number of carboxylic acids is 1. The van der Waals surface area contributed by atoms with Crippen LogP contribution >= 0.6 is 0 Å².